The zero-order chi connectivity index (χ0) is 16.7. The minimum Gasteiger partial charge on any atom is -0.497 e. The van der Waals surface area contributed by atoms with Crippen molar-refractivity contribution in [2.24, 2.45) is 5.73 Å². The summed E-state index contributed by atoms with van der Waals surface area (Å²) in [4.78, 5) is 0. The van der Waals surface area contributed by atoms with Gasteiger partial charge in [-0.1, -0.05) is 24.3 Å². The van der Waals surface area contributed by atoms with E-state index >= 15 is 0 Å². The Balaban J connectivity index is 2.27. The van der Waals surface area contributed by atoms with Crippen LogP contribution in [0.4, 0.5) is 0 Å². The van der Waals surface area contributed by atoms with Gasteiger partial charge >= 0.3 is 0 Å². The lowest BCUT2D eigenvalue weighted by Gasteiger charge is -2.19. The lowest BCUT2D eigenvalue weighted by atomic mass is 9.91. The highest BCUT2D eigenvalue weighted by Gasteiger charge is 2.16. The molecule has 0 saturated carbocycles. The highest BCUT2D eigenvalue weighted by molar-refractivity contribution is 5.47. The summed E-state index contributed by atoms with van der Waals surface area (Å²) in [6.07, 6.45) is 0.801. The van der Waals surface area contributed by atoms with E-state index < -0.39 is 0 Å². The van der Waals surface area contributed by atoms with E-state index in [0.717, 1.165) is 29.2 Å². The number of ether oxygens (including phenoxy) is 3. The Hall–Kier alpha value is -2.20. The molecule has 2 rings (SSSR count). The average Bonchev–Trinajstić information content (AvgIpc) is 2.61. The van der Waals surface area contributed by atoms with Gasteiger partial charge in [0.05, 0.1) is 20.8 Å². The molecule has 4 nitrogen and oxygen atoms in total. The maximum absolute atomic E-state index is 6.01. The summed E-state index contributed by atoms with van der Waals surface area (Å²) in [5.41, 5.74) is 8.32. The fourth-order valence-corrected chi connectivity index (χ4v) is 2.67. The molecular formula is C19H25NO3. The molecular weight excluding hydrogens is 290 g/mol. The maximum Gasteiger partial charge on any atom is 0.164 e. The van der Waals surface area contributed by atoms with Crippen LogP contribution in [0.2, 0.25) is 0 Å². The molecule has 0 radical (unpaired) electrons. The van der Waals surface area contributed by atoms with Gasteiger partial charge in [0.25, 0.3) is 0 Å². The molecule has 2 aromatic rings. The maximum atomic E-state index is 6.01. The highest BCUT2D eigenvalue weighted by atomic mass is 16.5. The van der Waals surface area contributed by atoms with Crippen LogP contribution in [0, 0.1) is 0 Å². The summed E-state index contributed by atoms with van der Waals surface area (Å²) >= 11 is 0. The number of nitrogens with two attached hydrogens (primary N) is 1. The smallest absolute Gasteiger partial charge is 0.164 e. The van der Waals surface area contributed by atoms with Crippen molar-refractivity contribution in [2.45, 2.75) is 19.3 Å². The van der Waals surface area contributed by atoms with Crippen LogP contribution in [-0.4, -0.2) is 27.4 Å². The minimum absolute atomic E-state index is 0.215. The van der Waals surface area contributed by atoms with Gasteiger partial charge in [-0.2, -0.15) is 0 Å². The van der Waals surface area contributed by atoms with Crippen molar-refractivity contribution in [1.82, 2.24) is 0 Å². The van der Waals surface area contributed by atoms with Crippen molar-refractivity contribution >= 4 is 0 Å². The molecule has 0 heterocycles. The highest BCUT2D eigenvalue weighted by Crippen LogP contribution is 2.34. The number of methoxy groups -OCH3 is 2. The van der Waals surface area contributed by atoms with Crippen LogP contribution in [0.15, 0.2) is 42.5 Å². The molecule has 0 aliphatic rings. The Morgan fingerprint density at radius 3 is 2.30 bits per heavy atom. The molecule has 1 unspecified atom stereocenters. The van der Waals surface area contributed by atoms with Crippen LogP contribution >= 0.6 is 0 Å². The number of para-hydroxylation sites is 1. The zero-order valence-corrected chi connectivity index (χ0v) is 14.0. The van der Waals surface area contributed by atoms with E-state index in [1.54, 1.807) is 14.2 Å². The predicted molar refractivity (Wildman–Crippen MR) is 92.7 cm³/mol. The third kappa shape index (κ3) is 4.17. The monoisotopic (exact) mass is 315 g/mol. The molecule has 2 N–H and O–H groups in total. The standard InChI is InChI=1S/C19H25NO3/c1-4-23-19-15(6-5-7-18(19)22-3)12-16(13-20)14-8-10-17(21-2)11-9-14/h5-11,16H,4,12-13,20H2,1-3H3. The van der Waals surface area contributed by atoms with Gasteiger partial charge in [0.15, 0.2) is 11.5 Å². The van der Waals surface area contributed by atoms with Gasteiger partial charge in [-0.15, -0.1) is 0 Å². The molecule has 0 aliphatic carbocycles. The van der Waals surface area contributed by atoms with Crippen LogP contribution in [-0.2, 0) is 6.42 Å². The van der Waals surface area contributed by atoms with E-state index in [1.807, 2.05) is 31.2 Å². The van der Waals surface area contributed by atoms with Gasteiger partial charge in [0.1, 0.15) is 5.75 Å². The second-order valence-electron chi connectivity index (χ2n) is 5.29. The van der Waals surface area contributed by atoms with Crippen LogP contribution < -0.4 is 19.9 Å². The van der Waals surface area contributed by atoms with Gasteiger partial charge < -0.3 is 19.9 Å². The summed E-state index contributed by atoms with van der Waals surface area (Å²) in [5, 5.41) is 0. The largest absolute Gasteiger partial charge is 0.497 e. The van der Waals surface area contributed by atoms with Crippen LogP contribution in [0.1, 0.15) is 24.0 Å². The average molecular weight is 315 g/mol. The van der Waals surface area contributed by atoms with E-state index in [2.05, 4.69) is 18.2 Å². The lowest BCUT2D eigenvalue weighted by Crippen LogP contribution is -2.15. The normalized spacial score (nSPS) is 11.8. The van der Waals surface area contributed by atoms with Crippen molar-refractivity contribution < 1.29 is 14.2 Å². The summed E-state index contributed by atoms with van der Waals surface area (Å²) in [6.45, 7) is 3.14. The first kappa shape index (κ1) is 17.2. The van der Waals surface area contributed by atoms with E-state index in [9.17, 15) is 0 Å². The summed E-state index contributed by atoms with van der Waals surface area (Å²) < 4.78 is 16.4. The van der Waals surface area contributed by atoms with Gasteiger partial charge in [-0.3, -0.25) is 0 Å². The molecule has 0 spiro atoms. The Bertz CT molecular complexity index is 611. The molecule has 0 fully saturated rings. The van der Waals surface area contributed by atoms with Crippen molar-refractivity contribution in [3.05, 3.63) is 53.6 Å². The second-order valence-corrected chi connectivity index (χ2v) is 5.29. The molecule has 0 aliphatic heterocycles. The molecule has 23 heavy (non-hydrogen) atoms. The van der Waals surface area contributed by atoms with E-state index in [-0.39, 0.29) is 5.92 Å². The van der Waals surface area contributed by atoms with Crippen LogP contribution in [0.3, 0.4) is 0 Å². The fourth-order valence-electron chi connectivity index (χ4n) is 2.67. The molecule has 1 atom stereocenters. The van der Waals surface area contributed by atoms with Gasteiger partial charge in [0.2, 0.25) is 0 Å². The topological polar surface area (TPSA) is 53.7 Å². The molecule has 4 heteroatoms. The van der Waals surface area contributed by atoms with Gasteiger partial charge in [-0.05, 0) is 49.2 Å². The van der Waals surface area contributed by atoms with E-state index in [0.29, 0.717) is 13.2 Å². The third-order valence-electron chi connectivity index (χ3n) is 3.91. The summed E-state index contributed by atoms with van der Waals surface area (Å²) in [7, 11) is 3.32. The SMILES string of the molecule is CCOc1c(CC(CN)c2ccc(OC)cc2)cccc1OC. The van der Waals surface area contributed by atoms with Crippen molar-refractivity contribution in [1.29, 1.82) is 0 Å². The zero-order valence-electron chi connectivity index (χ0n) is 14.0. The Morgan fingerprint density at radius 2 is 1.74 bits per heavy atom. The lowest BCUT2D eigenvalue weighted by molar-refractivity contribution is 0.307. The van der Waals surface area contributed by atoms with Crippen LogP contribution in [0.25, 0.3) is 0 Å². The Morgan fingerprint density at radius 1 is 1.00 bits per heavy atom. The summed E-state index contributed by atoms with van der Waals surface area (Å²) in [5.74, 6) is 2.63. The van der Waals surface area contributed by atoms with Crippen LogP contribution in [0.5, 0.6) is 17.2 Å². The Labute approximate surface area is 138 Å². The number of rotatable bonds is 8. The number of hydrogen-bond donors (Lipinski definition) is 1. The minimum atomic E-state index is 0.215. The number of benzene rings is 2. The Kier molecular flexibility index (Phi) is 6.29. The molecule has 0 amide bonds. The predicted octanol–water partition coefficient (Wildman–Crippen LogP) is 3.39. The van der Waals surface area contributed by atoms with Crippen molar-refractivity contribution in [2.75, 3.05) is 27.4 Å². The molecule has 0 aromatic heterocycles. The molecule has 2 aromatic carbocycles. The number of hydrogen-bond acceptors (Lipinski definition) is 4. The first-order chi connectivity index (χ1) is 11.2. The third-order valence-corrected chi connectivity index (χ3v) is 3.91. The quantitative estimate of drug-likeness (QED) is 0.811. The van der Waals surface area contributed by atoms with Gasteiger partial charge in [-0.25, -0.2) is 0 Å². The van der Waals surface area contributed by atoms with Crippen molar-refractivity contribution in [3.8, 4) is 17.2 Å². The van der Waals surface area contributed by atoms with Crippen molar-refractivity contribution in [3.63, 3.8) is 0 Å². The first-order valence-electron chi connectivity index (χ1n) is 7.86. The second kappa shape index (κ2) is 8.44. The fraction of sp³-hybridized carbons (Fsp3) is 0.368. The summed E-state index contributed by atoms with van der Waals surface area (Å²) in [6, 6.07) is 14.0. The first-order valence-corrected chi connectivity index (χ1v) is 7.86. The van der Waals surface area contributed by atoms with Gasteiger partial charge in [0, 0.05) is 5.92 Å². The van der Waals surface area contributed by atoms with E-state index in [4.69, 9.17) is 19.9 Å². The molecule has 124 valence electrons. The van der Waals surface area contributed by atoms with E-state index in [1.165, 1.54) is 5.56 Å². The molecule has 0 saturated heterocycles. The molecule has 0 bridgehead atoms.